The number of phenols is 1. The Kier molecular flexibility index (Phi) is 7.25. The van der Waals surface area contributed by atoms with Crippen LogP contribution in [0.15, 0.2) is 23.0 Å². The summed E-state index contributed by atoms with van der Waals surface area (Å²) in [6.07, 6.45) is -0.0555. The number of benzene rings is 1. The Morgan fingerprint density at radius 1 is 1.15 bits per heavy atom. The molecular formula is C29H36N2O9. The van der Waals surface area contributed by atoms with Crippen LogP contribution in [0.25, 0.3) is 5.76 Å². The number of ketones is 2. The van der Waals surface area contributed by atoms with Gasteiger partial charge in [0.25, 0.3) is 5.91 Å². The van der Waals surface area contributed by atoms with Crippen molar-refractivity contribution >= 4 is 34.9 Å². The van der Waals surface area contributed by atoms with Gasteiger partial charge in [-0.2, -0.15) is 0 Å². The minimum Gasteiger partial charge on any atom is -0.508 e. The Morgan fingerprint density at radius 3 is 2.38 bits per heavy atom. The average Bonchev–Trinajstić information content (AvgIpc) is 2.83. The van der Waals surface area contributed by atoms with Gasteiger partial charge in [-0.1, -0.05) is 20.8 Å². The maximum atomic E-state index is 13.7. The van der Waals surface area contributed by atoms with Crippen LogP contribution in [0.1, 0.15) is 56.7 Å². The topological polar surface area (TPSA) is 188 Å². The number of aromatic hydroxyl groups is 1. The largest absolute Gasteiger partial charge is 0.508 e. The van der Waals surface area contributed by atoms with E-state index in [0.29, 0.717) is 16.8 Å². The van der Waals surface area contributed by atoms with Gasteiger partial charge in [-0.3, -0.25) is 19.2 Å². The SMILES string of the molecule is CN(C)c1cc(CCC(=O)OCC(C)(C)C)c(O)c2c1C[C@H]1C[C@H]3CC(=O)C(C(N)=O)=C(O)[C@@]3(O)C(=O)C1=C2O. The standard InChI is InChI=1S/C29H36N2O9/c1-28(2,3)12-40-19(33)7-6-13-10-17(31(4)5)16-9-14-8-15-11-18(32)22(27(30)38)26(37)29(15,39)25(36)20(14)24(35)21(16)23(13)34/h10,14-15,34-35,37,39H,6-9,11-12H2,1-5H3,(H2,30,38)/t14-,15+,29+/m1/s1. The number of esters is 1. The summed E-state index contributed by atoms with van der Waals surface area (Å²) < 4.78 is 5.32. The number of amides is 1. The van der Waals surface area contributed by atoms with Crippen molar-refractivity contribution in [2.75, 3.05) is 25.6 Å². The molecule has 0 radical (unpaired) electrons. The molecular weight excluding hydrogens is 520 g/mol. The highest BCUT2D eigenvalue weighted by Crippen LogP contribution is 2.53. The number of aliphatic hydroxyl groups excluding tert-OH is 2. The number of hydrogen-bond donors (Lipinski definition) is 5. The van der Waals surface area contributed by atoms with Crippen LogP contribution in [-0.4, -0.2) is 70.2 Å². The van der Waals surface area contributed by atoms with Crippen molar-refractivity contribution in [1.29, 1.82) is 0 Å². The molecule has 11 heteroatoms. The van der Waals surface area contributed by atoms with E-state index in [1.54, 1.807) is 25.1 Å². The van der Waals surface area contributed by atoms with Gasteiger partial charge in [0.05, 0.1) is 12.2 Å². The molecule has 1 fully saturated rings. The Hall–Kier alpha value is -3.86. The number of phenolic OH excluding ortho intramolecular Hbond substituents is 1. The average molecular weight is 557 g/mol. The fourth-order valence-corrected chi connectivity index (χ4v) is 5.92. The van der Waals surface area contributed by atoms with E-state index in [4.69, 9.17) is 10.5 Å². The van der Waals surface area contributed by atoms with Crippen molar-refractivity contribution < 1.29 is 44.3 Å². The summed E-state index contributed by atoms with van der Waals surface area (Å²) in [7, 11) is 3.56. The highest BCUT2D eigenvalue weighted by atomic mass is 16.5. The van der Waals surface area contributed by atoms with Gasteiger partial charge >= 0.3 is 5.97 Å². The molecule has 0 bridgehead atoms. The summed E-state index contributed by atoms with van der Waals surface area (Å²) >= 11 is 0. The number of ether oxygens (including phenoxy) is 1. The van der Waals surface area contributed by atoms with Crippen molar-refractivity contribution in [3.63, 3.8) is 0 Å². The van der Waals surface area contributed by atoms with Crippen molar-refractivity contribution in [2.24, 2.45) is 23.0 Å². The van der Waals surface area contributed by atoms with Crippen LogP contribution >= 0.6 is 0 Å². The lowest BCUT2D eigenvalue weighted by Crippen LogP contribution is -2.58. The van der Waals surface area contributed by atoms with Crippen LogP contribution in [0.3, 0.4) is 0 Å². The molecule has 0 spiro atoms. The molecule has 40 heavy (non-hydrogen) atoms. The molecule has 0 saturated heterocycles. The van der Waals surface area contributed by atoms with Crippen molar-refractivity contribution in [2.45, 2.75) is 58.5 Å². The first-order valence-corrected chi connectivity index (χ1v) is 13.2. The predicted octanol–water partition coefficient (Wildman–Crippen LogP) is 2.01. The molecule has 3 aliphatic rings. The molecule has 216 valence electrons. The van der Waals surface area contributed by atoms with E-state index >= 15 is 0 Å². The fourth-order valence-electron chi connectivity index (χ4n) is 5.92. The zero-order valence-electron chi connectivity index (χ0n) is 23.3. The highest BCUT2D eigenvalue weighted by molar-refractivity contribution is 6.22. The Bertz CT molecular complexity index is 1380. The molecule has 3 aliphatic carbocycles. The number of hydrogen-bond acceptors (Lipinski definition) is 10. The van der Waals surface area contributed by atoms with Gasteiger partial charge in [-0.25, -0.2) is 0 Å². The molecule has 6 N–H and O–H groups in total. The summed E-state index contributed by atoms with van der Waals surface area (Å²) in [6, 6.07) is 1.72. The number of rotatable bonds is 6. The van der Waals surface area contributed by atoms with Gasteiger partial charge in [0.2, 0.25) is 5.78 Å². The third-order valence-corrected chi connectivity index (χ3v) is 7.87. The van der Waals surface area contributed by atoms with Crippen LogP contribution in [0.5, 0.6) is 5.75 Å². The summed E-state index contributed by atoms with van der Waals surface area (Å²) in [5.41, 5.74) is 2.93. The van der Waals surface area contributed by atoms with Crippen molar-refractivity contribution in [1.82, 2.24) is 0 Å². The third-order valence-electron chi connectivity index (χ3n) is 7.87. The number of fused-ring (bicyclic) bond motifs is 3. The van der Waals surface area contributed by atoms with E-state index < -0.39 is 58.0 Å². The molecule has 11 nitrogen and oxygen atoms in total. The van der Waals surface area contributed by atoms with Crippen LogP contribution in [0.4, 0.5) is 5.69 Å². The van der Waals surface area contributed by atoms with Gasteiger partial charge in [0.1, 0.15) is 22.8 Å². The second-order valence-corrected chi connectivity index (χ2v) is 12.3. The molecule has 1 saturated carbocycles. The summed E-state index contributed by atoms with van der Waals surface area (Å²) in [5.74, 6) is -7.19. The first-order chi connectivity index (χ1) is 18.5. The number of nitrogens with two attached hydrogens (primary N) is 1. The van der Waals surface area contributed by atoms with Crippen LogP contribution < -0.4 is 10.6 Å². The molecule has 1 amide bonds. The third kappa shape index (κ3) is 4.72. The second-order valence-electron chi connectivity index (χ2n) is 12.3. The molecule has 0 aliphatic heterocycles. The Balaban J connectivity index is 1.78. The highest BCUT2D eigenvalue weighted by Gasteiger charge is 2.60. The predicted molar refractivity (Wildman–Crippen MR) is 144 cm³/mol. The van der Waals surface area contributed by atoms with E-state index in [1.807, 2.05) is 20.8 Å². The second kappa shape index (κ2) is 9.96. The van der Waals surface area contributed by atoms with E-state index in [2.05, 4.69) is 0 Å². The number of carbonyl (C=O) groups excluding carboxylic acids is 4. The smallest absolute Gasteiger partial charge is 0.306 e. The number of Topliss-reactive ketones (excluding diaryl/α,β-unsaturated/α-hetero) is 2. The molecule has 3 atom stereocenters. The minimum atomic E-state index is -2.62. The van der Waals surface area contributed by atoms with Gasteiger partial charge in [-0.05, 0) is 47.8 Å². The fraction of sp³-hybridized carbons (Fsp3) is 0.517. The molecule has 4 rings (SSSR count). The number of carbonyl (C=O) groups is 4. The lowest BCUT2D eigenvalue weighted by atomic mass is 9.59. The summed E-state index contributed by atoms with van der Waals surface area (Å²) in [4.78, 5) is 52.2. The molecule has 0 heterocycles. The lowest BCUT2D eigenvalue weighted by Gasteiger charge is -2.46. The Morgan fingerprint density at radius 2 is 1.80 bits per heavy atom. The van der Waals surface area contributed by atoms with Gasteiger partial charge in [0, 0.05) is 44.1 Å². The molecule has 1 aromatic rings. The number of primary amides is 1. The van der Waals surface area contributed by atoms with Crippen LogP contribution in [0.2, 0.25) is 0 Å². The van der Waals surface area contributed by atoms with E-state index in [-0.39, 0.29) is 61.0 Å². The zero-order chi connectivity index (χ0) is 29.9. The maximum absolute atomic E-state index is 13.7. The first kappa shape index (κ1) is 29.1. The summed E-state index contributed by atoms with van der Waals surface area (Å²) in [6.45, 7) is 6.03. The Labute approximate surface area is 231 Å². The van der Waals surface area contributed by atoms with Crippen molar-refractivity contribution in [3.05, 3.63) is 39.7 Å². The van der Waals surface area contributed by atoms with Gasteiger partial charge in [-0.15, -0.1) is 0 Å². The number of aliphatic hydroxyl groups is 3. The quantitative estimate of drug-likeness (QED) is 0.256. The lowest BCUT2D eigenvalue weighted by molar-refractivity contribution is -0.148. The number of anilines is 1. The van der Waals surface area contributed by atoms with E-state index in [9.17, 15) is 39.6 Å². The number of aryl methyl sites for hydroxylation is 1. The molecule has 0 unspecified atom stereocenters. The van der Waals surface area contributed by atoms with E-state index in [0.717, 1.165) is 0 Å². The summed E-state index contributed by atoms with van der Waals surface area (Å²) in [5, 5.41) is 44.8. The first-order valence-electron chi connectivity index (χ1n) is 13.2. The van der Waals surface area contributed by atoms with Crippen LogP contribution in [0, 0.1) is 17.3 Å². The van der Waals surface area contributed by atoms with Gasteiger partial charge < -0.3 is 35.8 Å². The van der Waals surface area contributed by atoms with Gasteiger partial charge in [0.15, 0.2) is 11.4 Å². The molecule has 1 aromatic carbocycles. The molecule has 0 aromatic heterocycles. The van der Waals surface area contributed by atoms with Crippen molar-refractivity contribution in [3.8, 4) is 5.75 Å². The maximum Gasteiger partial charge on any atom is 0.306 e. The monoisotopic (exact) mass is 556 g/mol. The normalized spacial score (nSPS) is 24.4. The van der Waals surface area contributed by atoms with Crippen LogP contribution in [-0.2, 0) is 36.8 Å². The minimum absolute atomic E-state index is 0.00334. The van der Waals surface area contributed by atoms with E-state index in [1.165, 1.54) is 0 Å². The zero-order valence-corrected chi connectivity index (χ0v) is 23.3. The number of nitrogens with zero attached hydrogens (tertiary/aromatic N) is 1.